The molecule has 7 nitrogen and oxygen atoms in total. The second-order valence-corrected chi connectivity index (χ2v) is 8.25. The number of fused-ring (bicyclic) bond motifs is 1. The van der Waals surface area contributed by atoms with E-state index < -0.39 is 11.6 Å². The van der Waals surface area contributed by atoms with Crippen LogP contribution in [0, 0.1) is 17.6 Å². The molecule has 0 radical (unpaired) electrons. The summed E-state index contributed by atoms with van der Waals surface area (Å²) in [4.78, 5) is 25.6. The number of anilines is 1. The average Bonchev–Trinajstić information content (AvgIpc) is 2.79. The first-order valence-corrected chi connectivity index (χ1v) is 10.9. The van der Waals surface area contributed by atoms with E-state index in [9.17, 15) is 13.6 Å². The number of nitrogens with one attached hydrogen (secondary N) is 1. The second kappa shape index (κ2) is 9.50. The topological polar surface area (TPSA) is 70.6 Å². The van der Waals surface area contributed by atoms with Gasteiger partial charge in [-0.1, -0.05) is 13.0 Å². The highest BCUT2D eigenvalue weighted by Gasteiger charge is 2.29. The number of amides is 2. The Morgan fingerprint density at radius 2 is 2.06 bits per heavy atom. The van der Waals surface area contributed by atoms with Gasteiger partial charge in [0, 0.05) is 38.7 Å². The normalized spacial score (nSPS) is 16.5. The molecule has 2 amide bonds. The molecule has 4 rings (SSSR count). The number of hydrogen-bond acceptors (Lipinski definition) is 5. The Morgan fingerprint density at radius 3 is 2.78 bits per heavy atom. The van der Waals surface area contributed by atoms with Crippen LogP contribution in [-0.4, -0.2) is 47.1 Å². The SMILES string of the molecule is C=CCNC(=O)N1CCc2nc(N3CCC(C)CC3)nc(Oc3ccc(F)cc3F)c2C1. The van der Waals surface area contributed by atoms with Crippen molar-refractivity contribution in [2.24, 2.45) is 5.92 Å². The van der Waals surface area contributed by atoms with Gasteiger partial charge in [0.2, 0.25) is 11.8 Å². The molecule has 1 fully saturated rings. The maximum atomic E-state index is 14.3. The molecule has 32 heavy (non-hydrogen) atoms. The summed E-state index contributed by atoms with van der Waals surface area (Å²) in [6, 6.07) is 2.90. The molecule has 2 aliphatic heterocycles. The zero-order chi connectivity index (χ0) is 22.7. The summed E-state index contributed by atoms with van der Waals surface area (Å²) >= 11 is 0. The molecular weight excluding hydrogens is 416 g/mol. The maximum absolute atomic E-state index is 14.3. The lowest BCUT2D eigenvalue weighted by Gasteiger charge is -2.33. The third-order valence-corrected chi connectivity index (χ3v) is 5.86. The lowest BCUT2D eigenvalue weighted by molar-refractivity contribution is 0.192. The number of halogens is 2. The predicted octanol–water partition coefficient (Wildman–Crippen LogP) is 4.04. The van der Waals surface area contributed by atoms with Gasteiger partial charge in [-0.2, -0.15) is 4.98 Å². The van der Waals surface area contributed by atoms with Gasteiger partial charge in [0.15, 0.2) is 11.6 Å². The van der Waals surface area contributed by atoms with E-state index >= 15 is 0 Å². The highest BCUT2D eigenvalue weighted by molar-refractivity contribution is 5.74. The minimum absolute atomic E-state index is 0.126. The standard InChI is InChI=1S/C23H27F2N5O2/c1-3-9-26-23(31)30-12-8-19-17(14-30)21(32-20-5-4-16(24)13-18(20)25)28-22(27-19)29-10-6-15(2)7-11-29/h3-5,13,15H,1,6-12,14H2,2H3,(H,26,31). The van der Waals surface area contributed by atoms with Crippen molar-refractivity contribution in [3.63, 3.8) is 0 Å². The van der Waals surface area contributed by atoms with E-state index in [1.165, 1.54) is 6.07 Å². The third kappa shape index (κ3) is 4.81. The molecule has 0 unspecified atom stereocenters. The smallest absolute Gasteiger partial charge is 0.317 e. The molecule has 0 spiro atoms. The molecule has 0 saturated carbocycles. The Bertz CT molecular complexity index is 1010. The Labute approximate surface area is 186 Å². The first-order valence-electron chi connectivity index (χ1n) is 10.9. The lowest BCUT2D eigenvalue weighted by Crippen LogP contribution is -2.43. The number of aromatic nitrogens is 2. The van der Waals surface area contributed by atoms with Crippen LogP contribution in [0.15, 0.2) is 30.9 Å². The number of urea groups is 1. The minimum atomic E-state index is -0.817. The number of piperidine rings is 1. The quantitative estimate of drug-likeness (QED) is 0.707. The number of nitrogens with zero attached hydrogens (tertiary/aromatic N) is 4. The molecule has 1 N–H and O–H groups in total. The van der Waals surface area contributed by atoms with Gasteiger partial charge in [-0.05, 0) is 30.9 Å². The van der Waals surface area contributed by atoms with Crippen LogP contribution in [0.1, 0.15) is 31.0 Å². The van der Waals surface area contributed by atoms with Crippen molar-refractivity contribution in [2.75, 3.05) is 31.1 Å². The van der Waals surface area contributed by atoms with Crippen LogP contribution in [0.4, 0.5) is 19.5 Å². The van der Waals surface area contributed by atoms with Crippen molar-refractivity contribution in [1.82, 2.24) is 20.2 Å². The van der Waals surface area contributed by atoms with Crippen molar-refractivity contribution in [3.05, 3.63) is 53.7 Å². The third-order valence-electron chi connectivity index (χ3n) is 5.86. The Morgan fingerprint density at radius 1 is 1.28 bits per heavy atom. The van der Waals surface area contributed by atoms with E-state index in [1.54, 1.807) is 11.0 Å². The number of carbonyl (C=O) groups excluding carboxylic acids is 1. The summed E-state index contributed by atoms with van der Waals surface area (Å²) in [7, 11) is 0. The molecule has 1 aromatic heterocycles. The van der Waals surface area contributed by atoms with Gasteiger partial charge in [0.05, 0.1) is 17.8 Å². The molecular formula is C23H27F2N5O2. The molecule has 3 heterocycles. The molecule has 2 aromatic rings. The van der Waals surface area contributed by atoms with Gasteiger partial charge in [-0.15, -0.1) is 6.58 Å². The van der Waals surface area contributed by atoms with Crippen LogP contribution in [0.2, 0.25) is 0 Å². The highest BCUT2D eigenvalue weighted by Crippen LogP contribution is 2.33. The first-order chi connectivity index (χ1) is 15.4. The zero-order valence-electron chi connectivity index (χ0n) is 18.1. The fourth-order valence-electron chi connectivity index (χ4n) is 3.91. The lowest BCUT2D eigenvalue weighted by atomic mass is 9.99. The fraction of sp³-hybridized carbons (Fsp3) is 0.435. The van der Waals surface area contributed by atoms with Crippen LogP contribution >= 0.6 is 0 Å². The van der Waals surface area contributed by atoms with Gasteiger partial charge < -0.3 is 19.9 Å². The summed E-state index contributed by atoms with van der Waals surface area (Å²) in [5.41, 5.74) is 1.40. The molecule has 1 saturated heterocycles. The van der Waals surface area contributed by atoms with Crippen molar-refractivity contribution in [2.45, 2.75) is 32.7 Å². The van der Waals surface area contributed by atoms with E-state index in [0.717, 1.165) is 43.8 Å². The second-order valence-electron chi connectivity index (χ2n) is 8.25. The summed E-state index contributed by atoms with van der Waals surface area (Å²) in [6.45, 7) is 8.58. The van der Waals surface area contributed by atoms with E-state index in [1.807, 2.05) is 0 Å². The molecule has 9 heteroatoms. The molecule has 170 valence electrons. The number of ether oxygens (including phenoxy) is 1. The summed E-state index contributed by atoms with van der Waals surface area (Å²) in [5, 5.41) is 2.76. The van der Waals surface area contributed by atoms with E-state index in [2.05, 4.69) is 28.7 Å². The van der Waals surface area contributed by atoms with E-state index in [4.69, 9.17) is 9.72 Å². The van der Waals surface area contributed by atoms with Crippen LogP contribution in [0.25, 0.3) is 0 Å². The molecule has 2 aliphatic rings. The van der Waals surface area contributed by atoms with Crippen LogP contribution in [-0.2, 0) is 13.0 Å². The molecule has 1 aromatic carbocycles. The largest absolute Gasteiger partial charge is 0.435 e. The highest BCUT2D eigenvalue weighted by atomic mass is 19.1. The predicted molar refractivity (Wildman–Crippen MR) is 117 cm³/mol. The average molecular weight is 443 g/mol. The number of benzene rings is 1. The van der Waals surface area contributed by atoms with Gasteiger partial charge in [-0.3, -0.25) is 0 Å². The fourth-order valence-corrected chi connectivity index (χ4v) is 3.91. The summed E-state index contributed by atoms with van der Waals surface area (Å²) in [5.74, 6) is -0.253. The zero-order valence-corrected chi connectivity index (χ0v) is 18.1. The first kappa shape index (κ1) is 22.0. The Hall–Kier alpha value is -3.23. The van der Waals surface area contributed by atoms with Gasteiger partial charge >= 0.3 is 6.03 Å². The van der Waals surface area contributed by atoms with Crippen LogP contribution in [0.5, 0.6) is 11.6 Å². The maximum Gasteiger partial charge on any atom is 0.317 e. The Balaban J connectivity index is 1.67. The van der Waals surface area contributed by atoms with Gasteiger partial charge in [-0.25, -0.2) is 18.6 Å². The molecule has 0 bridgehead atoms. The molecule has 0 atom stereocenters. The van der Waals surface area contributed by atoms with Crippen molar-refractivity contribution >= 4 is 12.0 Å². The van der Waals surface area contributed by atoms with Crippen molar-refractivity contribution in [1.29, 1.82) is 0 Å². The van der Waals surface area contributed by atoms with Gasteiger partial charge in [0.25, 0.3) is 0 Å². The number of rotatable bonds is 5. The monoisotopic (exact) mass is 443 g/mol. The van der Waals surface area contributed by atoms with Gasteiger partial charge in [0.1, 0.15) is 5.82 Å². The van der Waals surface area contributed by atoms with E-state index in [0.29, 0.717) is 36.9 Å². The number of hydrogen-bond donors (Lipinski definition) is 1. The van der Waals surface area contributed by atoms with Crippen molar-refractivity contribution in [3.8, 4) is 11.6 Å². The summed E-state index contributed by atoms with van der Waals surface area (Å²) < 4.78 is 33.5. The van der Waals surface area contributed by atoms with Crippen LogP contribution in [0.3, 0.4) is 0 Å². The number of carbonyl (C=O) groups is 1. The molecule has 0 aliphatic carbocycles. The minimum Gasteiger partial charge on any atom is -0.435 e. The van der Waals surface area contributed by atoms with E-state index in [-0.39, 0.29) is 24.2 Å². The van der Waals surface area contributed by atoms with Crippen LogP contribution < -0.4 is 15.0 Å². The Kier molecular flexibility index (Phi) is 6.53. The summed E-state index contributed by atoms with van der Waals surface area (Å²) in [6.07, 6.45) is 4.22. The van der Waals surface area contributed by atoms with Crippen molar-refractivity contribution < 1.29 is 18.3 Å².